The van der Waals surface area contributed by atoms with Gasteiger partial charge in [0.25, 0.3) is 0 Å². The van der Waals surface area contributed by atoms with Crippen molar-refractivity contribution >= 4 is 28.8 Å². The van der Waals surface area contributed by atoms with Crippen LogP contribution in [0.5, 0.6) is 5.88 Å². The number of amides is 1. The third-order valence-electron chi connectivity index (χ3n) is 6.72. The zero-order valence-corrected chi connectivity index (χ0v) is 21.2. The third kappa shape index (κ3) is 4.84. The predicted octanol–water partition coefficient (Wildman–Crippen LogP) is 3.70. The molecule has 11 heteroatoms. The zero-order valence-electron chi connectivity index (χ0n) is 21.2. The van der Waals surface area contributed by atoms with Crippen LogP contribution in [-0.4, -0.2) is 50.4 Å². The summed E-state index contributed by atoms with van der Waals surface area (Å²) in [5, 5.41) is 6.15. The Morgan fingerprint density at radius 3 is 2.70 bits per heavy atom. The Labute approximate surface area is 213 Å². The van der Waals surface area contributed by atoms with Gasteiger partial charge in [0.05, 0.1) is 37.1 Å². The Balaban J connectivity index is 1.46. The van der Waals surface area contributed by atoms with Crippen LogP contribution in [0.3, 0.4) is 0 Å². The number of anilines is 2. The first-order chi connectivity index (χ1) is 17.9. The number of hydrogen-bond acceptors (Lipinski definition) is 8. The molecule has 2 N–H and O–H groups in total. The van der Waals surface area contributed by atoms with E-state index in [-0.39, 0.29) is 17.8 Å². The van der Waals surface area contributed by atoms with Crippen LogP contribution in [0.2, 0.25) is 0 Å². The highest BCUT2D eigenvalue weighted by Crippen LogP contribution is 2.32. The average Bonchev–Trinajstić information content (AvgIpc) is 3.45. The molecule has 4 heterocycles. The second-order valence-electron chi connectivity index (χ2n) is 9.20. The highest BCUT2D eigenvalue weighted by molar-refractivity contribution is 5.79. The van der Waals surface area contributed by atoms with Crippen LogP contribution in [0.15, 0.2) is 47.5 Å². The number of imidazole rings is 1. The molecule has 192 valence electrons. The minimum absolute atomic E-state index is 0.0410. The molecule has 1 amide bonds. The van der Waals surface area contributed by atoms with Gasteiger partial charge in [0.15, 0.2) is 0 Å². The average molecular weight is 504 g/mol. The number of carbonyl (C=O) groups excluding carboxylic acids is 1. The summed E-state index contributed by atoms with van der Waals surface area (Å²) < 4.78 is 13.4. The maximum absolute atomic E-state index is 13.2. The lowest BCUT2D eigenvalue weighted by molar-refractivity contribution is 0.166. The molecule has 0 aliphatic heterocycles. The number of nitrogens with zero attached hydrogens (tertiary/aromatic N) is 5. The van der Waals surface area contributed by atoms with E-state index in [1.165, 1.54) is 7.11 Å². The zero-order chi connectivity index (χ0) is 26.1. The molecule has 0 spiro atoms. The van der Waals surface area contributed by atoms with E-state index >= 15 is 0 Å². The fraction of sp³-hybridized carbons (Fsp3) is 0.346. The molecule has 11 nitrogen and oxygen atoms in total. The minimum Gasteiger partial charge on any atom is -0.481 e. The Bertz CT molecular complexity index is 1530. The van der Waals surface area contributed by atoms with E-state index in [4.69, 9.17) is 14.5 Å². The number of aromatic nitrogens is 5. The number of aryl methyl sites for hydroxylation is 2. The maximum atomic E-state index is 13.2. The summed E-state index contributed by atoms with van der Waals surface area (Å²) in [5.74, 6) is 1.72. The molecule has 2 atom stereocenters. The van der Waals surface area contributed by atoms with E-state index < -0.39 is 6.09 Å². The molecule has 4 aromatic heterocycles. The number of nitrogens with one attached hydrogen (secondary N) is 2. The number of carbonyl (C=O) groups is 1. The molecule has 1 fully saturated rings. The standard InChI is InChI=1S/C26H29N7O4/c1-15-9-19(16-7-8-27-24(11-16)36-3)30-23(10-15)31-22-13-20-21(14-28-22)32(2)26(35)33(20)18-6-5-17(12-18)29-25(34)37-4/h7-11,13-14,17-18H,5-6,12H2,1-4H3,(H,29,34)(H,28,30,31)/t17-,18-/m1/s1. The molecule has 1 aliphatic carbocycles. The van der Waals surface area contributed by atoms with Gasteiger partial charge in [-0.1, -0.05) is 0 Å². The summed E-state index contributed by atoms with van der Waals surface area (Å²) in [6.07, 6.45) is 5.12. The second kappa shape index (κ2) is 9.92. The highest BCUT2D eigenvalue weighted by atomic mass is 16.5. The van der Waals surface area contributed by atoms with Crippen LogP contribution >= 0.6 is 0 Å². The summed E-state index contributed by atoms with van der Waals surface area (Å²) in [7, 11) is 4.67. The smallest absolute Gasteiger partial charge is 0.407 e. The second-order valence-corrected chi connectivity index (χ2v) is 9.20. The lowest BCUT2D eigenvalue weighted by Crippen LogP contribution is -2.33. The quantitative estimate of drug-likeness (QED) is 0.408. The van der Waals surface area contributed by atoms with Gasteiger partial charge >= 0.3 is 11.8 Å². The van der Waals surface area contributed by atoms with Crippen molar-refractivity contribution in [2.45, 2.75) is 38.3 Å². The number of fused-ring (bicyclic) bond motifs is 1. The van der Waals surface area contributed by atoms with Gasteiger partial charge in [0, 0.05) is 43.0 Å². The molecule has 4 aromatic rings. The van der Waals surface area contributed by atoms with E-state index in [0.717, 1.165) is 40.7 Å². The molecule has 0 saturated heterocycles. The third-order valence-corrected chi connectivity index (χ3v) is 6.72. The van der Waals surface area contributed by atoms with Crippen LogP contribution in [0, 0.1) is 6.92 Å². The Hall–Kier alpha value is -4.41. The summed E-state index contributed by atoms with van der Waals surface area (Å²) in [6.45, 7) is 2.00. The summed E-state index contributed by atoms with van der Waals surface area (Å²) >= 11 is 0. The lowest BCUT2D eigenvalue weighted by Gasteiger charge is -2.14. The van der Waals surface area contributed by atoms with Gasteiger partial charge in [0.2, 0.25) is 5.88 Å². The largest absolute Gasteiger partial charge is 0.481 e. The molecule has 0 bridgehead atoms. The first-order valence-corrected chi connectivity index (χ1v) is 12.0. The topological polar surface area (TPSA) is 125 Å². The van der Waals surface area contributed by atoms with E-state index in [0.29, 0.717) is 23.9 Å². The highest BCUT2D eigenvalue weighted by Gasteiger charge is 2.30. The van der Waals surface area contributed by atoms with Crippen molar-refractivity contribution < 1.29 is 14.3 Å². The Kier molecular flexibility index (Phi) is 6.51. The molecule has 1 aliphatic rings. The van der Waals surface area contributed by atoms with Gasteiger partial charge in [-0.3, -0.25) is 9.13 Å². The molecular weight excluding hydrogens is 474 g/mol. The number of rotatable bonds is 6. The molecule has 5 rings (SSSR count). The van der Waals surface area contributed by atoms with Crippen LogP contribution in [0.1, 0.15) is 30.9 Å². The van der Waals surface area contributed by atoms with Crippen molar-refractivity contribution in [3.8, 4) is 17.1 Å². The first kappa shape index (κ1) is 24.3. The van der Waals surface area contributed by atoms with Crippen molar-refractivity contribution in [1.82, 2.24) is 29.4 Å². The predicted molar refractivity (Wildman–Crippen MR) is 139 cm³/mol. The Morgan fingerprint density at radius 2 is 1.92 bits per heavy atom. The SMILES string of the molecule is COC(=O)N[C@@H]1CC[C@@H](n2c(=O)n(C)c3cnc(Nc4cc(C)cc(-c5ccnc(OC)c5)n4)cc32)C1. The van der Waals surface area contributed by atoms with Gasteiger partial charge in [0.1, 0.15) is 11.6 Å². The number of pyridine rings is 3. The van der Waals surface area contributed by atoms with Crippen LogP contribution in [0.25, 0.3) is 22.3 Å². The van der Waals surface area contributed by atoms with E-state index in [9.17, 15) is 9.59 Å². The van der Waals surface area contributed by atoms with Gasteiger partial charge in [-0.05, 0) is 49.9 Å². The molecule has 0 unspecified atom stereocenters. The van der Waals surface area contributed by atoms with Gasteiger partial charge in [-0.2, -0.15) is 0 Å². The Morgan fingerprint density at radius 1 is 1.08 bits per heavy atom. The molecule has 0 radical (unpaired) electrons. The van der Waals surface area contributed by atoms with E-state index in [2.05, 4.69) is 20.6 Å². The van der Waals surface area contributed by atoms with Crippen molar-refractivity contribution in [2.24, 2.45) is 7.05 Å². The van der Waals surface area contributed by atoms with Crippen LogP contribution in [-0.2, 0) is 11.8 Å². The maximum Gasteiger partial charge on any atom is 0.407 e. The van der Waals surface area contributed by atoms with E-state index in [1.807, 2.05) is 37.3 Å². The summed E-state index contributed by atoms with van der Waals surface area (Å²) in [6, 6.07) is 9.43. The van der Waals surface area contributed by atoms with Crippen molar-refractivity contribution in [2.75, 3.05) is 19.5 Å². The normalized spacial score (nSPS) is 17.1. The van der Waals surface area contributed by atoms with Gasteiger partial charge < -0.3 is 20.1 Å². The summed E-state index contributed by atoms with van der Waals surface area (Å²) in [4.78, 5) is 38.3. The van der Waals surface area contributed by atoms with Crippen molar-refractivity contribution in [3.05, 3.63) is 58.8 Å². The van der Waals surface area contributed by atoms with Crippen molar-refractivity contribution in [3.63, 3.8) is 0 Å². The minimum atomic E-state index is -0.457. The van der Waals surface area contributed by atoms with Crippen molar-refractivity contribution in [1.29, 1.82) is 0 Å². The molecular formula is C26H29N7O4. The molecule has 1 saturated carbocycles. The van der Waals surface area contributed by atoms with Crippen LogP contribution < -0.4 is 21.1 Å². The van der Waals surface area contributed by atoms with Gasteiger partial charge in [-0.15, -0.1) is 0 Å². The molecule has 0 aromatic carbocycles. The molecule has 37 heavy (non-hydrogen) atoms. The fourth-order valence-electron chi connectivity index (χ4n) is 4.92. The fourth-order valence-corrected chi connectivity index (χ4v) is 4.92. The lowest BCUT2D eigenvalue weighted by atomic mass is 10.1. The summed E-state index contributed by atoms with van der Waals surface area (Å²) in [5.41, 5.74) is 4.09. The number of alkyl carbamates (subject to hydrolysis) is 1. The number of hydrogen-bond donors (Lipinski definition) is 2. The number of methoxy groups -OCH3 is 2. The van der Waals surface area contributed by atoms with Crippen LogP contribution in [0.4, 0.5) is 16.4 Å². The van der Waals surface area contributed by atoms with E-state index in [1.54, 1.807) is 35.7 Å². The van der Waals surface area contributed by atoms with Gasteiger partial charge in [-0.25, -0.2) is 24.5 Å². The number of ether oxygens (including phenoxy) is 2. The monoisotopic (exact) mass is 503 g/mol. The first-order valence-electron chi connectivity index (χ1n) is 12.0.